The molecule has 1 heterocycles. The van der Waals surface area contributed by atoms with Crippen molar-refractivity contribution in [1.82, 2.24) is 10.9 Å². The first kappa shape index (κ1) is 19.0. The van der Waals surface area contributed by atoms with Crippen LogP contribution in [0.2, 0.25) is 0 Å². The van der Waals surface area contributed by atoms with Crippen LogP contribution in [0, 0.1) is 5.82 Å². The zero-order chi connectivity index (χ0) is 20.1. The molecule has 4 N–H and O–H groups in total. The van der Waals surface area contributed by atoms with E-state index >= 15 is 0 Å². The highest BCUT2D eigenvalue weighted by Gasteiger charge is 2.35. The molecule has 2 aromatic carbocycles. The minimum atomic E-state index is -0.883. The van der Waals surface area contributed by atoms with Crippen molar-refractivity contribution < 1.29 is 18.8 Å². The minimum Gasteiger partial charge on any atom is -0.368 e. The number of primary amides is 1. The highest BCUT2D eigenvalue weighted by atomic mass is 19.1. The third-order valence-electron chi connectivity index (χ3n) is 4.12. The molecule has 3 rings (SSSR count). The largest absolute Gasteiger partial charge is 0.368 e. The molecule has 28 heavy (non-hydrogen) atoms. The van der Waals surface area contributed by atoms with Crippen molar-refractivity contribution in [2.75, 3.05) is 5.01 Å². The van der Waals surface area contributed by atoms with E-state index in [0.29, 0.717) is 5.69 Å². The summed E-state index contributed by atoms with van der Waals surface area (Å²) in [7, 11) is 0. The number of nitrogens with two attached hydrogens (primary N) is 1. The second-order valence-electron chi connectivity index (χ2n) is 6.15. The van der Waals surface area contributed by atoms with E-state index in [1.165, 1.54) is 29.3 Å². The van der Waals surface area contributed by atoms with Crippen LogP contribution in [0.5, 0.6) is 0 Å². The summed E-state index contributed by atoms with van der Waals surface area (Å²) in [5.41, 5.74) is 11.2. The molecule has 0 fully saturated rings. The zero-order valence-corrected chi connectivity index (χ0v) is 14.8. The van der Waals surface area contributed by atoms with Gasteiger partial charge in [-0.15, -0.1) is 0 Å². The Morgan fingerprint density at radius 1 is 1.07 bits per heavy atom. The van der Waals surface area contributed by atoms with Gasteiger partial charge in [-0.05, 0) is 29.8 Å². The number of anilines is 1. The number of carbonyl (C=O) groups excluding carboxylic acids is 3. The summed E-state index contributed by atoms with van der Waals surface area (Å²) in [5.74, 6) is -2.18. The van der Waals surface area contributed by atoms with Gasteiger partial charge in [-0.25, -0.2) is 4.39 Å². The first-order chi connectivity index (χ1) is 13.4. The number of hydrogen-bond acceptors (Lipinski definition) is 5. The molecule has 1 aliphatic heterocycles. The molecule has 1 atom stereocenters. The van der Waals surface area contributed by atoms with E-state index in [2.05, 4.69) is 16.0 Å². The van der Waals surface area contributed by atoms with Gasteiger partial charge in [-0.2, -0.15) is 5.10 Å². The van der Waals surface area contributed by atoms with Crippen molar-refractivity contribution in [3.8, 4) is 0 Å². The Bertz CT molecular complexity index is 915. The van der Waals surface area contributed by atoms with Crippen LogP contribution < -0.4 is 21.6 Å². The molecule has 0 aliphatic carbocycles. The van der Waals surface area contributed by atoms with Crippen LogP contribution in [0.4, 0.5) is 10.1 Å². The van der Waals surface area contributed by atoms with E-state index < -0.39 is 29.6 Å². The summed E-state index contributed by atoms with van der Waals surface area (Å²) in [6.07, 6.45) is 0.0618. The predicted octanol–water partition coefficient (Wildman–Crippen LogP) is 0.636. The highest BCUT2D eigenvalue weighted by Crippen LogP contribution is 2.24. The fraction of sp³-hybridized carbons (Fsp3) is 0.158. The number of halogens is 1. The molecule has 0 saturated carbocycles. The van der Waals surface area contributed by atoms with Crippen molar-refractivity contribution in [1.29, 1.82) is 0 Å². The van der Waals surface area contributed by atoms with E-state index in [-0.39, 0.29) is 18.6 Å². The molecule has 0 aromatic heterocycles. The molecule has 0 unspecified atom stereocenters. The molecule has 9 heteroatoms. The average Bonchev–Trinajstić information content (AvgIpc) is 3.13. The number of rotatable bonds is 5. The van der Waals surface area contributed by atoms with E-state index in [1.54, 1.807) is 12.1 Å². The third kappa shape index (κ3) is 4.50. The molecule has 0 spiro atoms. The molecule has 2 aromatic rings. The molecule has 3 amide bonds. The van der Waals surface area contributed by atoms with Gasteiger partial charge in [-0.1, -0.05) is 30.3 Å². The Hall–Kier alpha value is -3.75. The maximum Gasteiger partial charge on any atom is 0.285 e. The van der Waals surface area contributed by atoms with Gasteiger partial charge in [0.25, 0.3) is 5.91 Å². The first-order valence-corrected chi connectivity index (χ1v) is 8.49. The summed E-state index contributed by atoms with van der Waals surface area (Å²) in [4.78, 5) is 36.0. The lowest BCUT2D eigenvalue weighted by Gasteiger charge is -2.20. The Balaban J connectivity index is 1.64. The van der Waals surface area contributed by atoms with E-state index in [9.17, 15) is 18.8 Å². The summed E-state index contributed by atoms with van der Waals surface area (Å²) in [6.45, 7) is 0. The number of hydrazone groups is 1. The van der Waals surface area contributed by atoms with E-state index in [0.717, 1.165) is 5.56 Å². The fourth-order valence-electron chi connectivity index (χ4n) is 2.72. The smallest absolute Gasteiger partial charge is 0.285 e. The van der Waals surface area contributed by atoms with Crippen LogP contribution in [-0.2, 0) is 20.8 Å². The van der Waals surface area contributed by atoms with Gasteiger partial charge in [-0.3, -0.25) is 30.2 Å². The van der Waals surface area contributed by atoms with Crippen LogP contribution in [0.15, 0.2) is 59.7 Å². The lowest BCUT2D eigenvalue weighted by Crippen LogP contribution is -2.45. The molecular formula is C19H18FN5O3. The maximum atomic E-state index is 13.1. The number of hydrazine groups is 1. The van der Waals surface area contributed by atoms with Gasteiger partial charge >= 0.3 is 0 Å². The van der Waals surface area contributed by atoms with E-state index in [4.69, 9.17) is 5.73 Å². The van der Waals surface area contributed by atoms with Crippen LogP contribution in [0.1, 0.15) is 12.0 Å². The number of nitrogens with zero attached hydrogens (tertiary/aromatic N) is 2. The summed E-state index contributed by atoms with van der Waals surface area (Å²) < 4.78 is 13.1. The predicted molar refractivity (Wildman–Crippen MR) is 100 cm³/mol. The molecule has 8 nitrogen and oxygen atoms in total. The average molecular weight is 383 g/mol. The Morgan fingerprint density at radius 3 is 2.39 bits per heavy atom. The number of benzene rings is 2. The molecule has 0 radical (unpaired) electrons. The first-order valence-electron chi connectivity index (χ1n) is 8.49. The van der Waals surface area contributed by atoms with Crippen LogP contribution in [0.25, 0.3) is 0 Å². The lowest BCUT2D eigenvalue weighted by atomic mass is 10.1. The topological polar surface area (TPSA) is 117 Å². The Kier molecular flexibility index (Phi) is 5.64. The monoisotopic (exact) mass is 383 g/mol. The maximum absolute atomic E-state index is 13.1. The second kappa shape index (κ2) is 8.30. The molecule has 0 bridgehead atoms. The van der Waals surface area contributed by atoms with Crippen molar-refractivity contribution in [2.24, 2.45) is 10.8 Å². The van der Waals surface area contributed by atoms with Gasteiger partial charge in [0.2, 0.25) is 11.8 Å². The van der Waals surface area contributed by atoms with Crippen LogP contribution in [0.3, 0.4) is 0 Å². The van der Waals surface area contributed by atoms with Gasteiger partial charge < -0.3 is 5.73 Å². The van der Waals surface area contributed by atoms with Gasteiger partial charge in [0.05, 0.1) is 12.1 Å². The van der Waals surface area contributed by atoms with Crippen LogP contribution in [-0.4, -0.2) is 29.5 Å². The Labute approximate surface area is 160 Å². The summed E-state index contributed by atoms with van der Waals surface area (Å²) >= 11 is 0. The molecule has 144 valence electrons. The van der Waals surface area contributed by atoms with Crippen molar-refractivity contribution >= 4 is 29.1 Å². The zero-order valence-electron chi connectivity index (χ0n) is 14.8. The fourth-order valence-corrected chi connectivity index (χ4v) is 2.72. The quantitative estimate of drug-likeness (QED) is 0.657. The second-order valence-corrected chi connectivity index (χ2v) is 6.15. The third-order valence-corrected chi connectivity index (χ3v) is 4.12. The van der Waals surface area contributed by atoms with Gasteiger partial charge in [0.15, 0.2) is 0 Å². The molecular weight excluding hydrogens is 365 g/mol. The number of carbonyl (C=O) groups is 3. The molecule has 0 saturated heterocycles. The van der Waals surface area contributed by atoms with Crippen molar-refractivity contribution in [3.05, 3.63) is 66.0 Å². The van der Waals surface area contributed by atoms with Gasteiger partial charge in [0, 0.05) is 6.42 Å². The minimum absolute atomic E-state index is 0.0214. The number of nitrogens with one attached hydrogen (secondary N) is 2. The summed E-state index contributed by atoms with van der Waals surface area (Å²) in [6, 6.07) is 13.4. The number of amides is 3. The highest BCUT2D eigenvalue weighted by molar-refractivity contribution is 6.40. The SMILES string of the molecule is NC(=O)[C@@H]1CC(C(=O)NNC(=O)Cc2ccccc2)=NN1c1ccc(F)cc1. The lowest BCUT2D eigenvalue weighted by molar-refractivity contribution is -0.125. The van der Waals surface area contributed by atoms with Crippen molar-refractivity contribution in [2.45, 2.75) is 18.9 Å². The van der Waals surface area contributed by atoms with Crippen molar-refractivity contribution in [3.63, 3.8) is 0 Å². The van der Waals surface area contributed by atoms with E-state index in [1.807, 2.05) is 18.2 Å². The van der Waals surface area contributed by atoms with Gasteiger partial charge in [0.1, 0.15) is 17.6 Å². The van der Waals surface area contributed by atoms with Crippen LogP contribution >= 0.6 is 0 Å². The normalized spacial score (nSPS) is 15.7. The Morgan fingerprint density at radius 2 is 1.75 bits per heavy atom. The summed E-state index contributed by atoms with van der Waals surface area (Å²) in [5, 5.41) is 5.38. The number of hydrogen-bond donors (Lipinski definition) is 3. The molecule has 1 aliphatic rings. The standard InChI is InChI=1S/C19H18FN5O3/c20-13-6-8-14(9-7-13)25-16(18(21)27)11-15(24-25)19(28)23-22-17(26)10-12-4-2-1-3-5-12/h1-9,16H,10-11H2,(H2,21,27)(H,22,26)(H,23,28)/t16-/m0/s1.